The van der Waals surface area contributed by atoms with E-state index in [4.69, 9.17) is 4.98 Å². The standard InChI is InChI=1S/C27H27N5OS/c1-30-11-13-31(14-12-30)18-25-28-22-15-24(34-26(22)27(33)29-25)21-17-32(16-19-7-3-2-4-8-19)23-10-6-5-9-20(21)23/h2-10,15,17H,11-14,16,18H2,1H3,(H,28,29,33). The fourth-order valence-electron chi connectivity index (χ4n) is 4.77. The monoisotopic (exact) mass is 469 g/mol. The van der Waals surface area contributed by atoms with E-state index in [0.717, 1.165) is 54.5 Å². The Bertz CT molecular complexity index is 1510. The molecule has 7 heteroatoms. The van der Waals surface area contributed by atoms with Crippen LogP contribution in [0.5, 0.6) is 0 Å². The number of rotatable bonds is 5. The van der Waals surface area contributed by atoms with Crippen LogP contribution in [0.2, 0.25) is 0 Å². The van der Waals surface area contributed by atoms with Crippen LogP contribution < -0.4 is 5.56 Å². The fourth-order valence-corrected chi connectivity index (χ4v) is 5.78. The van der Waals surface area contributed by atoms with Crippen LogP contribution in [0.3, 0.4) is 0 Å². The number of aromatic nitrogens is 3. The number of fused-ring (bicyclic) bond motifs is 2. The van der Waals surface area contributed by atoms with Crippen LogP contribution in [0.25, 0.3) is 31.6 Å². The average molecular weight is 470 g/mol. The van der Waals surface area contributed by atoms with Gasteiger partial charge < -0.3 is 14.5 Å². The highest BCUT2D eigenvalue weighted by atomic mass is 32.1. The Kier molecular flexibility index (Phi) is 5.53. The van der Waals surface area contributed by atoms with Gasteiger partial charge >= 0.3 is 0 Å². The molecule has 1 aliphatic heterocycles. The first-order chi connectivity index (χ1) is 16.6. The second-order valence-electron chi connectivity index (χ2n) is 9.09. The van der Waals surface area contributed by atoms with E-state index in [1.807, 2.05) is 6.07 Å². The third-order valence-electron chi connectivity index (χ3n) is 6.65. The van der Waals surface area contributed by atoms with Crippen molar-refractivity contribution in [3.63, 3.8) is 0 Å². The summed E-state index contributed by atoms with van der Waals surface area (Å²) in [5.41, 5.74) is 4.34. The Hall–Kier alpha value is -3.26. The highest BCUT2D eigenvalue weighted by Crippen LogP contribution is 2.37. The minimum Gasteiger partial charge on any atom is -0.342 e. The zero-order valence-electron chi connectivity index (χ0n) is 19.2. The molecule has 4 heterocycles. The van der Waals surface area contributed by atoms with Gasteiger partial charge in [0.25, 0.3) is 5.56 Å². The lowest BCUT2D eigenvalue weighted by molar-refractivity contribution is 0.145. The molecule has 0 saturated carbocycles. The molecule has 0 aliphatic carbocycles. The lowest BCUT2D eigenvalue weighted by Crippen LogP contribution is -2.44. The largest absolute Gasteiger partial charge is 0.342 e. The van der Waals surface area contributed by atoms with E-state index in [2.05, 4.69) is 87.2 Å². The lowest BCUT2D eigenvalue weighted by atomic mass is 10.1. The lowest BCUT2D eigenvalue weighted by Gasteiger charge is -2.31. The number of hydrogen-bond acceptors (Lipinski definition) is 5. The summed E-state index contributed by atoms with van der Waals surface area (Å²) in [6, 6.07) is 21.1. The van der Waals surface area contributed by atoms with Crippen LogP contribution in [-0.2, 0) is 13.1 Å². The van der Waals surface area contributed by atoms with E-state index >= 15 is 0 Å². The number of para-hydroxylation sites is 1. The Balaban J connectivity index is 1.37. The molecule has 3 aromatic heterocycles. The van der Waals surface area contributed by atoms with Gasteiger partial charge in [-0.3, -0.25) is 9.69 Å². The van der Waals surface area contributed by atoms with E-state index < -0.39 is 0 Å². The van der Waals surface area contributed by atoms with Gasteiger partial charge in [0.05, 0.1) is 12.1 Å². The van der Waals surface area contributed by atoms with Crippen LogP contribution in [0.15, 0.2) is 71.7 Å². The fraction of sp³-hybridized carbons (Fsp3) is 0.259. The van der Waals surface area contributed by atoms with Crippen molar-refractivity contribution in [1.82, 2.24) is 24.3 Å². The number of thiophene rings is 1. The molecule has 0 spiro atoms. The van der Waals surface area contributed by atoms with Crippen LogP contribution in [0.1, 0.15) is 11.4 Å². The molecule has 0 bridgehead atoms. The maximum absolute atomic E-state index is 12.9. The van der Waals surface area contributed by atoms with Gasteiger partial charge in [-0.05, 0) is 24.7 Å². The zero-order valence-corrected chi connectivity index (χ0v) is 20.0. The first kappa shape index (κ1) is 21.3. The second kappa shape index (κ2) is 8.83. The normalized spacial score (nSPS) is 15.4. The highest BCUT2D eigenvalue weighted by Gasteiger charge is 2.18. The van der Waals surface area contributed by atoms with Gasteiger partial charge in [0.2, 0.25) is 0 Å². The van der Waals surface area contributed by atoms with Gasteiger partial charge in [0.1, 0.15) is 10.5 Å². The van der Waals surface area contributed by atoms with Gasteiger partial charge in [-0.15, -0.1) is 11.3 Å². The van der Waals surface area contributed by atoms with E-state index in [0.29, 0.717) is 11.2 Å². The van der Waals surface area contributed by atoms with Gasteiger partial charge in [0, 0.05) is 60.3 Å². The summed E-state index contributed by atoms with van der Waals surface area (Å²) in [4.78, 5) is 26.6. The van der Waals surface area contributed by atoms with E-state index in [1.54, 1.807) is 0 Å². The molecule has 2 aromatic carbocycles. The molecule has 0 radical (unpaired) electrons. The average Bonchev–Trinajstić information content (AvgIpc) is 3.44. The Morgan fingerprint density at radius 3 is 2.56 bits per heavy atom. The van der Waals surface area contributed by atoms with Crippen molar-refractivity contribution in [1.29, 1.82) is 0 Å². The molecule has 34 heavy (non-hydrogen) atoms. The number of piperazine rings is 1. The van der Waals surface area contributed by atoms with Gasteiger partial charge in [-0.25, -0.2) is 4.98 Å². The SMILES string of the molecule is CN1CCN(Cc2nc3cc(-c4cn(Cc5ccccc5)c5ccccc45)sc3c(=O)[nH]2)CC1. The number of hydrogen-bond donors (Lipinski definition) is 1. The van der Waals surface area contributed by atoms with E-state index in [-0.39, 0.29) is 5.56 Å². The molecule has 1 fully saturated rings. The maximum Gasteiger partial charge on any atom is 0.268 e. The number of nitrogens with one attached hydrogen (secondary N) is 1. The molecule has 0 amide bonds. The number of aromatic amines is 1. The van der Waals surface area contributed by atoms with Crippen molar-refractivity contribution < 1.29 is 0 Å². The van der Waals surface area contributed by atoms with Crippen molar-refractivity contribution in [3.8, 4) is 10.4 Å². The molecule has 5 aromatic rings. The summed E-state index contributed by atoms with van der Waals surface area (Å²) < 4.78 is 2.98. The zero-order chi connectivity index (χ0) is 23.1. The molecule has 1 saturated heterocycles. The Morgan fingerprint density at radius 1 is 0.971 bits per heavy atom. The minimum absolute atomic E-state index is 0.0431. The van der Waals surface area contributed by atoms with Crippen LogP contribution in [0.4, 0.5) is 0 Å². The Labute approximate surface area is 202 Å². The maximum atomic E-state index is 12.9. The van der Waals surface area contributed by atoms with Crippen molar-refractivity contribution in [2.24, 2.45) is 0 Å². The number of likely N-dealkylation sites (N-methyl/N-ethyl adjacent to an activating group) is 1. The summed E-state index contributed by atoms with van der Waals surface area (Å²) in [5.74, 6) is 0.748. The molecule has 1 N–H and O–H groups in total. The molecule has 172 valence electrons. The van der Waals surface area contributed by atoms with Crippen LogP contribution in [-0.4, -0.2) is 57.6 Å². The molecular formula is C27H27N5OS. The molecule has 0 unspecified atom stereocenters. The summed E-state index contributed by atoms with van der Waals surface area (Å²) in [6.45, 7) is 5.56. The number of benzene rings is 2. The highest BCUT2D eigenvalue weighted by molar-refractivity contribution is 7.22. The van der Waals surface area contributed by atoms with Gasteiger partial charge in [-0.2, -0.15) is 0 Å². The predicted octanol–water partition coefficient (Wildman–Crippen LogP) is 4.40. The third-order valence-corrected chi connectivity index (χ3v) is 7.81. The molecule has 6 rings (SSSR count). The number of H-pyrrole nitrogens is 1. The van der Waals surface area contributed by atoms with Gasteiger partial charge in [-0.1, -0.05) is 48.5 Å². The summed E-state index contributed by atoms with van der Waals surface area (Å²) in [6.07, 6.45) is 2.21. The van der Waals surface area contributed by atoms with E-state index in [1.165, 1.54) is 27.8 Å². The van der Waals surface area contributed by atoms with Crippen molar-refractivity contribution in [2.45, 2.75) is 13.1 Å². The molecule has 6 nitrogen and oxygen atoms in total. The van der Waals surface area contributed by atoms with Crippen molar-refractivity contribution >= 4 is 32.5 Å². The summed E-state index contributed by atoms with van der Waals surface area (Å²) >= 11 is 1.53. The molecule has 1 aliphatic rings. The van der Waals surface area contributed by atoms with Crippen LogP contribution in [0, 0.1) is 0 Å². The van der Waals surface area contributed by atoms with Gasteiger partial charge in [0.15, 0.2) is 0 Å². The smallest absolute Gasteiger partial charge is 0.268 e. The molecular weight excluding hydrogens is 442 g/mol. The first-order valence-corrected chi connectivity index (χ1v) is 12.5. The second-order valence-corrected chi connectivity index (χ2v) is 10.1. The summed E-state index contributed by atoms with van der Waals surface area (Å²) in [5, 5.41) is 1.19. The topological polar surface area (TPSA) is 57.2 Å². The van der Waals surface area contributed by atoms with Crippen molar-refractivity contribution in [2.75, 3.05) is 33.2 Å². The first-order valence-electron chi connectivity index (χ1n) is 11.7. The number of nitrogens with zero attached hydrogens (tertiary/aromatic N) is 4. The van der Waals surface area contributed by atoms with Crippen LogP contribution >= 0.6 is 11.3 Å². The van der Waals surface area contributed by atoms with E-state index in [9.17, 15) is 4.79 Å². The molecule has 0 atom stereocenters. The summed E-state index contributed by atoms with van der Waals surface area (Å²) in [7, 11) is 2.15. The quantitative estimate of drug-likeness (QED) is 0.415. The third kappa shape index (κ3) is 4.07. The minimum atomic E-state index is -0.0431. The predicted molar refractivity (Wildman–Crippen MR) is 139 cm³/mol. The Morgan fingerprint density at radius 2 is 1.74 bits per heavy atom. The van der Waals surface area contributed by atoms with Crippen molar-refractivity contribution in [3.05, 3.63) is 88.6 Å².